The highest BCUT2D eigenvalue weighted by Gasteiger charge is 2.25. The van der Waals surface area contributed by atoms with Gasteiger partial charge in [-0.15, -0.1) is 10.2 Å². The summed E-state index contributed by atoms with van der Waals surface area (Å²) in [4.78, 5) is 24.2. The maximum atomic E-state index is 12.9. The van der Waals surface area contributed by atoms with Gasteiger partial charge in [0.2, 0.25) is 11.9 Å². The topological polar surface area (TPSA) is 112 Å². The van der Waals surface area contributed by atoms with Crippen molar-refractivity contribution in [1.29, 1.82) is 0 Å². The number of carbonyl (C=O) groups excluding carboxylic acids is 2. The van der Waals surface area contributed by atoms with E-state index in [0.29, 0.717) is 11.6 Å². The number of nitrogens with two attached hydrogens (primary N) is 1. The Morgan fingerprint density at radius 3 is 2.73 bits per heavy atom. The average Bonchev–Trinajstić information content (AvgIpc) is 2.97. The monoisotopic (exact) mass is 377 g/mol. The van der Waals surface area contributed by atoms with E-state index in [4.69, 9.17) is 5.73 Å². The minimum absolute atomic E-state index is 0.0592. The van der Waals surface area contributed by atoms with Gasteiger partial charge >= 0.3 is 5.97 Å². The van der Waals surface area contributed by atoms with Gasteiger partial charge < -0.3 is 15.8 Å². The molecule has 1 aromatic heterocycles. The van der Waals surface area contributed by atoms with Crippen LogP contribution < -0.4 is 11.1 Å². The zero-order valence-corrected chi connectivity index (χ0v) is 16.1. The molecule has 1 atom stereocenters. The smallest absolute Gasteiger partial charge is 0.316 e. The summed E-state index contributed by atoms with van der Waals surface area (Å²) in [7, 11) is 1.31. The van der Waals surface area contributed by atoms with Gasteiger partial charge in [-0.05, 0) is 37.5 Å². The number of esters is 1. The van der Waals surface area contributed by atoms with E-state index >= 15 is 0 Å². The Hall–Kier alpha value is -2.55. The third-order valence-electron chi connectivity index (χ3n) is 3.89. The Morgan fingerprint density at radius 2 is 2.08 bits per heavy atom. The molecule has 0 spiro atoms. The van der Waals surface area contributed by atoms with Gasteiger partial charge in [0.15, 0.2) is 5.16 Å². The van der Waals surface area contributed by atoms with E-state index in [1.165, 1.54) is 7.11 Å². The van der Waals surface area contributed by atoms with Crippen LogP contribution in [0.2, 0.25) is 0 Å². The summed E-state index contributed by atoms with van der Waals surface area (Å²) in [6.45, 7) is 5.77. The number of hydrogen-bond donors (Lipinski definition) is 2. The van der Waals surface area contributed by atoms with Gasteiger partial charge in [-0.25, -0.2) is 0 Å². The highest BCUT2D eigenvalue weighted by molar-refractivity contribution is 7.99. The van der Waals surface area contributed by atoms with Crippen LogP contribution in [-0.4, -0.2) is 39.5 Å². The molecule has 3 N–H and O–H groups in total. The van der Waals surface area contributed by atoms with Crippen LogP contribution in [0.1, 0.15) is 30.5 Å². The lowest BCUT2D eigenvalue weighted by Crippen LogP contribution is -2.27. The van der Waals surface area contributed by atoms with Crippen LogP contribution in [0.5, 0.6) is 0 Å². The zero-order valence-electron chi connectivity index (χ0n) is 15.3. The van der Waals surface area contributed by atoms with E-state index in [0.717, 1.165) is 28.6 Å². The molecule has 0 bridgehead atoms. The highest BCUT2D eigenvalue weighted by Crippen LogP contribution is 2.27. The summed E-state index contributed by atoms with van der Waals surface area (Å²) >= 11 is 1.13. The number of nitrogens with zero attached hydrogens (tertiary/aromatic N) is 3. The molecule has 26 heavy (non-hydrogen) atoms. The zero-order chi connectivity index (χ0) is 19.3. The molecule has 9 heteroatoms. The largest absolute Gasteiger partial charge is 0.468 e. The van der Waals surface area contributed by atoms with E-state index in [-0.39, 0.29) is 17.6 Å². The molecule has 0 aliphatic carbocycles. The van der Waals surface area contributed by atoms with Crippen molar-refractivity contribution in [2.45, 2.75) is 38.4 Å². The first-order valence-electron chi connectivity index (χ1n) is 8.15. The van der Waals surface area contributed by atoms with Gasteiger partial charge in [-0.2, -0.15) is 0 Å². The number of methoxy groups -OCH3 is 1. The summed E-state index contributed by atoms with van der Waals surface area (Å²) in [6.07, 6.45) is 0.491. The van der Waals surface area contributed by atoms with Crippen LogP contribution in [0.3, 0.4) is 0 Å². The lowest BCUT2D eigenvalue weighted by Gasteiger charge is -2.19. The lowest BCUT2D eigenvalue weighted by atomic mass is 10.1. The molecule has 0 saturated carbocycles. The minimum atomic E-state index is -0.593. The Balaban J connectivity index is 2.24. The fourth-order valence-corrected chi connectivity index (χ4v) is 3.26. The Kier molecular flexibility index (Phi) is 6.62. The lowest BCUT2D eigenvalue weighted by molar-refractivity contribution is -0.137. The number of amides is 1. The fraction of sp³-hybridized carbons (Fsp3) is 0.412. The first-order valence-corrected chi connectivity index (χ1v) is 9.14. The van der Waals surface area contributed by atoms with Crippen molar-refractivity contribution in [2.75, 3.05) is 23.9 Å². The van der Waals surface area contributed by atoms with Crippen LogP contribution >= 0.6 is 11.8 Å². The Bertz CT molecular complexity index is 806. The van der Waals surface area contributed by atoms with Crippen LogP contribution in [0.15, 0.2) is 23.4 Å². The number of thioether (sulfide) groups is 1. The normalized spacial score (nSPS) is 11.8. The van der Waals surface area contributed by atoms with Gasteiger partial charge in [0, 0.05) is 5.69 Å². The third-order valence-corrected chi connectivity index (χ3v) is 4.81. The SMILES string of the molecule is CCC(C(=O)Nc1cc(C)ccc1C)n1c(N)nnc1SCC(=O)OC. The van der Waals surface area contributed by atoms with Crippen molar-refractivity contribution < 1.29 is 14.3 Å². The number of carbonyl (C=O) groups is 2. The van der Waals surface area contributed by atoms with Crippen molar-refractivity contribution in [3.05, 3.63) is 29.3 Å². The molecule has 2 aromatic rings. The molecule has 1 heterocycles. The molecule has 0 aliphatic rings. The van der Waals surface area contributed by atoms with Gasteiger partial charge in [0.25, 0.3) is 0 Å². The second kappa shape index (κ2) is 8.70. The van der Waals surface area contributed by atoms with Crippen LogP contribution in [0.4, 0.5) is 11.6 Å². The number of aryl methyl sites for hydroxylation is 2. The Morgan fingerprint density at radius 1 is 1.35 bits per heavy atom. The number of anilines is 2. The molecule has 0 saturated heterocycles. The molecule has 2 rings (SSSR count). The molecule has 140 valence electrons. The molecular formula is C17H23N5O3S. The second-order valence-corrected chi connectivity index (χ2v) is 6.75. The number of rotatable bonds is 7. The summed E-state index contributed by atoms with van der Waals surface area (Å²) in [5.74, 6) is -0.423. The van der Waals surface area contributed by atoms with Gasteiger partial charge in [0.05, 0.1) is 12.9 Å². The van der Waals surface area contributed by atoms with Gasteiger partial charge in [-0.3, -0.25) is 14.2 Å². The predicted molar refractivity (Wildman–Crippen MR) is 101 cm³/mol. The predicted octanol–water partition coefficient (Wildman–Crippen LogP) is 2.33. The maximum Gasteiger partial charge on any atom is 0.316 e. The van der Waals surface area contributed by atoms with E-state index < -0.39 is 12.0 Å². The van der Waals surface area contributed by atoms with Crippen LogP contribution in [-0.2, 0) is 14.3 Å². The number of aromatic nitrogens is 3. The van der Waals surface area contributed by atoms with E-state index in [2.05, 4.69) is 20.3 Å². The third kappa shape index (κ3) is 4.54. The van der Waals surface area contributed by atoms with Crippen molar-refractivity contribution in [3.8, 4) is 0 Å². The highest BCUT2D eigenvalue weighted by atomic mass is 32.2. The first-order chi connectivity index (χ1) is 12.4. The number of nitrogen functional groups attached to an aromatic ring is 1. The molecule has 0 aliphatic heterocycles. The maximum absolute atomic E-state index is 12.9. The number of hydrogen-bond acceptors (Lipinski definition) is 7. The number of nitrogens with one attached hydrogen (secondary N) is 1. The van der Waals surface area contributed by atoms with Gasteiger partial charge in [0.1, 0.15) is 6.04 Å². The molecule has 8 nitrogen and oxygen atoms in total. The van der Waals surface area contributed by atoms with Crippen molar-refractivity contribution >= 4 is 35.3 Å². The summed E-state index contributed by atoms with van der Waals surface area (Å²) in [5, 5.41) is 11.2. The second-order valence-electron chi connectivity index (χ2n) is 5.81. The molecule has 0 fully saturated rings. The standard InChI is InChI=1S/C17H23N5O3S/c1-5-13(15(24)19-12-8-10(2)6-7-11(12)3)22-16(18)20-21-17(22)26-9-14(23)25-4/h6-8,13H,5,9H2,1-4H3,(H2,18,20)(H,19,24). The van der Waals surface area contributed by atoms with Crippen molar-refractivity contribution in [3.63, 3.8) is 0 Å². The van der Waals surface area contributed by atoms with Crippen molar-refractivity contribution in [1.82, 2.24) is 14.8 Å². The average molecular weight is 377 g/mol. The number of ether oxygens (including phenoxy) is 1. The molecule has 1 amide bonds. The Labute approximate surface area is 156 Å². The molecular weight excluding hydrogens is 354 g/mol. The fourth-order valence-electron chi connectivity index (χ4n) is 2.43. The minimum Gasteiger partial charge on any atom is -0.468 e. The quantitative estimate of drug-likeness (QED) is 0.562. The van der Waals surface area contributed by atoms with Crippen LogP contribution in [0, 0.1) is 13.8 Å². The number of benzene rings is 1. The first kappa shape index (κ1) is 19.8. The summed E-state index contributed by atoms with van der Waals surface area (Å²) in [5.41, 5.74) is 8.70. The summed E-state index contributed by atoms with van der Waals surface area (Å²) in [6, 6.07) is 5.27. The van der Waals surface area contributed by atoms with Crippen LogP contribution in [0.25, 0.3) is 0 Å². The van der Waals surface area contributed by atoms with Crippen molar-refractivity contribution in [2.24, 2.45) is 0 Å². The van der Waals surface area contributed by atoms with E-state index in [1.54, 1.807) is 4.57 Å². The van der Waals surface area contributed by atoms with Gasteiger partial charge in [-0.1, -0.05) is 30.8 Å². The van der Waals surface area contributed by atoms with E-state index in [9.17, 15) is 9.59 Å². The molecule has 1 aromatic carbocycles. The van der Waals surface area contributed by atoms with E-state index in [1.807, 2.05) is 39.0 Å². The summed E-state index contributed by atoms with van der Waals surface area (Å²) < 4.78 is 6.18. The molecule has 1 unspecified atom stereocenters. The molecule has 0 radical (unpaired) electrons.